The molecule has 3 nitrogen and oxygen atoms in total. The molecule has 0 N–H and O–H groups in total. The summed E-state index contributed by atoms with van der Waals surface area (Å²) in [4.78, 5) is 13.2. The zero-order valence-electron chi connectivity index (χ0n) is 16.7. The first-order chi connectivity index (χ1) is 15.4. The summed E-state index contributed by atoms with van der Waals surface area (Å²) in [5.74, 6) is 0.719. The molecule has 2 aromatic carbocycles. The first-order valence-corrected chi connectivity index (χ1v) is 10.5. The van der Waals surface area contributed by atoms with Crippen molar-refractivity contribution >= 4 is 22.8 Å². The van der Waals surface area contributed by atoms with Crippen LogP contribution in [0.1, 0.15) is 28.1 Å². The molecular weight excluding hydrogens is 378 g/mol. The summed E-state index contributed by atoms with van der Waals surface area (Å²) in [6.45, 7) is 0. The van der Waals surface area contributed by atoms with Crippen molar-refractivity contribution in [3.05, 3.63) is 137 Å². The van der Waals surface area contributed by atoms with Crippen molar-refractivity contribution in [3.8, 4) is 0 Å². The van der Waals surface area contributed by atoms with Gasteiger partial charge in [0.2, 0.25) is 0 Å². The van der Waals surface area contributed by atoms with Crippen LogP contribution in [-0.4, -0.2) is 15.0 Å². The fourth-order valence-corrected chi connectivity index (χ4v) is 5.44. The average Bonchev–Trinajstić information content (AvgIpc) is 3.38. The molecule has 1 spiro atoms. The SMILES string of the molecule is C1=CC2(C=CC=C3C2=C(c2ncncn2)c2ccccc23)C2=Cc3ccccc3C2=C1. The van der Waals surface area contributed by atoms with E-state index in [0.29, 0.717) is 0 Å². The number of fused-ring (bicyclic) bond motifs is 8. The summed E-state index contributed by atoms with van der Waals surface area (Å²) < 4.78 is 0. The maximum Gasteiger partial charge on any atom is 0.163 e. The highest BCUT2D eigenvalue weighted by Gasteiger charge is 2.46. The van der Waals surface area contributed by atoms with Crippen LogP contribution in [0, 0.1) is 5.41 Å². The second kappa shape index (κ2) is 5.96. The predicted octanol–water partition coefficient (Wildman–Crippen LogP) is 5.68. The van der Waals surface area contributed by atoms with E-state index in [0.717, 1.165) is 11.4 Å². The molecule has 0 fully saturated rings. The van der Waals surface area contributed by atoms with Crippen LogP contribution in [0.5, 0.6) is 0 Å². The Hall–Kier alpha value is -4.11. The standard InChI is InChI=1S/C28H17N3/c1-2-8-19-18(7-1)15-24-21(19)11-5-13-28(24)14-6-12-23-20-9-3-4-10-22(20)25(26(23)28)27-30-16-29-17-31-27/h1-17H. The lowest BCUT2D eigenvalue weighted by Crippen LogP contribution is -2.25. The summed E-state index contributed by atoms with van der Waals surface area (Å²) >= 11 is 0. The number of benzene rings is 2. The van der Waals surface area contributed by atoms with E-state index in [4.69, 9.17) is 0 Å². The van der Waals surface area contributed by atoms with Gasteiger partial charge in [-0.05, 0) is 50.6 Å². The lowest BCUT2D eigenvalue weighted by Gasteiger charge is -2.37. The van der Waals surface area contributed by atoms with E-state index in [1.807, 2.05) is 0 Å². The maximum absolute atomic E-state index is 4.56. The van der Waals surface area contributed by atoms with Crippen LogP contribution in [0.2, 0.25) is 0 Å². The zero-order valence-corrected chi connectivity index (χ0v) is 16.7. The van der Waals surface area contributed by atoms with Crippen LogP contribution in [-0.2, 0) is 0 Å². The molecule has 144 valence electrons. The highest BCUT2D eigenvalue weighted by Crippen LogP contribution is 2.61. The second-order valence-corrected chi connectivity index (χ2v) is 8.15. The molecule has 0 radical (unpaired) electrons. The van der Waals surface area contributed by atoms with Crippen LogP contribution in [0.3, 0.4) is 0 Å². The molecule has 4 aliphatic carbocycles. The third-order valence-corrected chi connectivity index (χ3v) is 6.67. The normalized spacial score (nSPS) is 21.9. The van der Waals surface area contributed by atoms with Crippen LogP contribution < -0.4 is 0 Å². The minimum atomic E-state index is -0.367. The minimum absolute atomic E-state index is 0.367. The molecule has 1 unspecified atom stereocenters. The fourth-order valence-electron chi connectivity index (χ4n) is 5.44. The third-order valence-electron chi connectivity index (χ3n) is 6.67. The zero-order chi connectivity index (χ0) is 20.4. The number of rotatable bonds is 1. The van der Waals surface area contributed by atoms with Crippen molar-refractivity contribution in [1.29, 1.82) is 0 Å². The van der Waals surface area contributed by atoms with E-state index in [1.165, 1.54) is 44.5 Å². The molecule has 1 heterocycles. The molecular formula is C28H17N3. The molecule has 0 bridgehead atoms. The van der Waals surface area contributed by atoms with Crippen LogP contribution >= 0.6 is 0 Å². The van der Waals surface area contributed by atoms with E-state index in [2.05, 4.69) is 106 Å². The summed E-state index contributed by atoms with van der Waals surface area (Å²) in [5.41, 5.74) is 10.8. The van der Waals surface area contributed by atoms with Gasteiger partial charge in [-0.2, -0.15) is 0 Å². The largest absolute Gasteiger partial charge is 0.225 e. The van der Waals surface area contributed by atoms with Gasteiger partial charge < -0.3 is 0 Å². The van der Waals surface area contributed by atoms with Crippen molar-refractivity contribution in [2.24, 2.45) is 5.41 Å². The molecule has 31 heavy (non-hydrogen) atoms. The Morgan fingerprint density at radius 2 is 1.35 bits per heavy atom. The van der Waals surface area contributed by atoms with Gasteiger partial charge in [0.15, 0.2) is 5.82 Å². The van der Waals surface area contributed by atoms with Gasteiger partial charge in [-0.15, -0.1) is 0 Å². The second-order valence-electron chi connectivity index (χ2n) is 8.15. The molecule has 3 heteroatoms. The minimum Gasteiger partial charge on any atom is -0.225 e. The van der Waals surface area contributed by atoms with E-state index < -0.39 is 0 Å². The lowest BCUT2D eigenvalue weighted by molar-refractivity contribution is 0.750. The van der Waals surface area contributed by atoms with E-state index >= 15 is 0 Å². The van der Waals surface area contributed by atoms with Gasteiger partial charge in [0, 0.05) is 5.57 Å². The summed E-state index contributed by atoms with van der Waals surface area (Å²) in [6.07, 6.45) is 19.0. The molecule has 1 atom stereocenters. The smallest absolute Gasteiger partial charge is 0.163 e. The van der Waals surface area contributed by atoms with Crippen LogP contribution in [0.15, 0.2) is 109 Å². The number of aromatic nitrogens is 3. The molecule has 0 saturated heterocycles. The van der Waals surface area contributed by atoms with Crippen LogP contribution in [0.25, 0.3) is 22.8 Å². The Morgan fingerprint density at radius 1 is 0.677 bits per heavy atom. The average molecular weight is 395 g/mol. The van der Waals surface area contributed by atoms with Crippen LogP contribution in [0.4, 0.5) is 0 Å². The molecule has 4 aliphatic rings. The monoisotopic (exact) mass is 395 g/mol. The van der Waals surface area contributed by atoms with Gasteiger partial charge in [-0.3, -0.25) is 0 Å². The lowest BCUT2D eigenvalue weighted by atomic mass is 9.65. The number of allylic oxidation sites excluding steroid dienone is 10. The van der Waals surface area contributed by atoms with Gasteiger partial charge in [0.25, 0.3) is 0 Å². The molecule has 0 aliphatic heterocycles. The van der Waals surface area contributed by atoms with Crippen molar-refractivity contribution < 1.29 is 0 Å². The first kappa shape index (κ1) is 16.7. The number of hydrogen-bond acceptors (Lipinski definition) is 3. The first-order valence-electron chi connectivity index (χ1n) is 10.5. The van der Waals surface area contributed by atoms with Gasteiger partial charge in [0.1, 0.15) is 12.7 Å². The van der Waals surface area contributed by atoms with Gasteiger partial charge in [0.05, 0.1) is 5.41 Å². The highest BCUT2D eigenvalue weighted by molar-refractivity contribution is 6.10. The topological polar surface area (TPSA) is 38.7 Å². The molecule has 7 rings (SSSR count). The van der Waals surface area contributed by atoms with Crippen molar-refractivity contribution in [3.63, 3.8) is 0 Å². The predicted molar refractivity (Wildman–Crippen MR) is 123 cm³/mol. The maximum atomic E-state index is 4.56. The van der Waals surface area contributed by atoms with Crippen molar-refractivity contribution in [2.75, 3.05) is 0 Å². The van der Waals surface area contributed by atoms with Crippen molar-refractivity contribution in [2.45, 2.75) is 0 Å². The molecule has 0 saturated carbocycles. The molecule has 0 amide bonds. The molecule has 1 aromatic heterocycles. The van der Waals surface area contributed by atoms with E-state index in [-0.39, 0.29) is 5.41 Å². The summed E-state index contributed by atoms with van der Waals surface area (Å²) in [6, 6.07) is 17.2. The number of hydrogen-bond donors (Lipinski definition) is 0. The van der Waals surface area contributed by atoms with Crippen molar-refractivity contribution in [1.82, 2.24) is 15.0 Å². The fraction of sp³-hybridized carbons (Fsp3) is 0.0357. The Bertz CT molecular complexity index is 1450. The van der Waals surface area contributed by atoms with E-state index in [9.17, 15) is 0 Å². The Kier molecular flexibility index (Phi) is 3.20. The van der Waals surface area contributed by atoms with Gasteiger partial charge in [-0.1, -0.05) is 85.0 Å². The quantitative estimate of drug-likeness (QED) is 0.532. The van der Waals surface area contributed by atoms with Gasteiger partial charge >= 0.3 is 0 Å². The molecule has 3 aromatic rings. The number of nitrogens with zero attached hydrogens (tertiary/aromatic N) is 3. The Balaban J connectivity index is 1.56. The Labute approximate surface area is 180 Å². The van der Waals surface area contributed by atoms with Gasteiger partial charge in [-0.25, -0.2) is 15.0 Å². The Morgan fingerprint density at radius 3 is 2.16 bits per heavy atom. The summed E-state index contributed by atoms with van der Waals surface area (Å²) in [5, 5.41) is 0. The third kappa shape index (κ3) is 2.10. The van der Waals surface area contributed by atoms with E-state index in [1.54, 1.807) is 12.7 Å². The summed E-state index contributed by atoms with van der Waals surface area (Å²) in [7, 11) is 0. The highest BCUT2D eigenvalue weighted by atomic mass is 15.0.